The van der Waals surface area contributed by atoms with E-state index < -0.39 is 74.1 Å². The molecule has 0 unspecified atom stereocenters. The van der Waals surface area contributed by atoms with Gasteiger partial charge >= 0.3 is 6.09 Å². The molecule has 1 saturated heterocycles. The Hall–Kier alpha value is -5.38. The Bertz CT molecular complexity index is 2300. The number of hydrogen-bond donors (Lipinski definition) is 4. The van der Waals surface area contributed by atoms with E-state index in [0.717, 1.165) is 17.4 Å². The molecule has 7 atom stereocenters. The number of ether oxygens (including phenoxy) is 3. The van der Waals surface area contributed by atoms with Gasteiger partial charge in [0.1, 0.15) is 35.2 Å². The van der Waals surface area contributed by atoms with Crippen LogP contribution in [0.15, 0.2) is 60.7 Å². The highest BCUT2D eigenvalue weighted by atomic mass is 32.2. The number of nitrogens with one attached hydrogen (secondary N) is 3. The number of pyridine rings is 1. The zero-order valence-corrected chi connectivity index (χ0v) is 35.7. The summed E-state index contributed by atoms with van der Waals surface area (Å²) < 4.78 is 45.7. The van der Waals surface area contributed by atoms with Gasteiger partial charge in [-0.25, -0.2) is 18.2 Å². The van der Waals surface area contributed by atoms with Gasteiger partial charge in [-0.15, -0.1) is 0 Å². The van der Waals surface area contributed by atoms with E-state index in [2.05, 4.69) is 15.4 Å². The molecule has 0 bridgehead atoms. The maximum atomic E-state index is 14.6. The molecule has 3 fully saturated rings. The van der Waals surface area contributed by atoms with E-state index >= 15 is 0 Å². The third kappa shape index (κ3) is 8.89. The average molecular weight is 846 g/mol. The van der Waals surface area contributed by atoms with Gasteiger partial charge in [0.15, 0.2) is 0 Å². The summed E-state index contributed by atoms with van der Waals surface area (Å²) in [7, 11) is -2.46. The fourth-order valence-corrected chi connectivity index (χ4v) is 9.75. The fourth-order valence-electron chi connectivity index (χ4n) is 8.43. The molecule has 1 aromatic heterocycles. The summed E-state index contributed by atoms with van der Waals surface area (Å²) in [5, 5.41) is 16.6. The van der Waals surface area contributed by atoms with Crippen LogP contribution >= 0.6 is 0 Å². The first-order valence-corrected chi connectivity index (χ1v) is 22.2. The summed E-state index contributed by atoms with van der Waals surface area (Å²) >= 11 is 0. The van der Waals surface area contributed by atoms with E-state index in [9.17, 15) is 32.7 Å². The smallest absolute Gasteiger partial charge is 0.405 e. The van der Waals surface area contributed by atoms with Crippen molar-refractivity contribution < 1.29 is 46.9 Å². The van der Waals surface area contributed by atoms with Crippen LogP contribution in [0.25, 0.3) is 22.0 Å². The van der Waals surface area contributed by atoms with Crippen molar-refractivity contribution in [1.82, 2.24) is 25.2 Å². The summed E-state index contributed by atoms with van der Waals surface area (Å²) in [4.78, 5) is 61.6. The lowest BCUT2D eigenvalue weighted by molar-refractivity contribution is -0.142. The molecule has 0 spiro atoms. The lowest BCUT2D eigenvalue weighted by atomic mass is 9.88. The summed E-state index contributed by atoms with van der Waals surface area (Å²) in [6.45, 7) is 9.22. The molecular weight excluding hydrogens is 791 g/mol. The highest BCUT2D eigenvalue weighted by Crippen LogP contribution is 2.48. The number of benzene rings is 2. The van der Waals surface area contributed by atoms with E-state index in [4.69, 9.17) is 19.2 Å². The van der Waals surface area contributed by atoms with Gasteiger partial charge in [-0.1, -0.05) is 26.0 Å². The topological polar surface area (TPSA) is 203 Å². The fraction of sp³-hybridized carbons (Fsp3) is 0.523. The third-order valence-electron chi connectivity index (χ3n) is 12.3. The molecule has 4 N–H and O–H groups in total. The van der Waals surface area contributed by atoms with Crippen LogP contribution in [0, 0.1) is 17.8 Å². The molecule has 322 valence electrons. The number of carbonyl (C=O) groups excluding carboxylic acids is 3. The van der Waals surface area contributed by atoms with E-state index in [-0.39, 0.29) is 37.3 Å². The molecule has 4 amide bonds. The minimum Gasteiger partial charge on any atom is -0.497 e. The van der Waals surface area contributed by atoms with Crippen LogP contribution in [-0.2, 0) is 24.4 Å². The quantitative estimate of drug-likeness (QED) is 0.186. The minimum absolute atomic E-state index is 0.00374. The number of allylic oxidation sites excluding steroid dienone is 1. The predicted molar refractivity (Wildman–Crippen MR) is 224 cm³/mol. The molecule has 4 aliphatic rings. The van der Waals surface area contributed by atoms with Crippen LogP contribution in [-0.4, -0.2) is 95.5 Å². The predicted octanol–water partition coefficient (Wildman–Crippen LogP) is 5.57. The lowest BCUT2D eigenvalue weighted by Gasteiger charge is -2.32. The minimum atomic E-state index is -4.03. The van der Waals surface area contributed by atoms with Crippen molar-refractivity contribution in [3.8, 4) is 28.6 Å². The molecule has 3 aromatic rings. The summed E-state index contributed by atoms with van der Waals surface area (Å²) in [6.07, 6.45) is 4.47. The van der Waals surface area contributed by atoms with Crippen LogP contribution in [0.4, 0.5) is 4.79 Å². The number of fused-ring (bicyclic) bond motifs is 3. The maximum absolute atomic E-state index is 14.6. The van der Waals surface area contributed by atoms with Crippen molar-refractivity contribution in [2.45, 2.75) is 114 Å². The highest BCUT2D eigenvalue weighted by molar-refractivity contribution is 7.91. The number of carbonyl (C=O) groups is 4. The summed E-state index contributed by atoms with van der Waals surface area (Å²) in [6, 6.07) is 12.5. The number of hydrogen-bond acceptors (Lipinski definition) is 10. The maximum Gasteiger partial charge on any atom is 0.405 e. The Morgan fingerprint density at radius 1 is 1.03 bits per heavy atom. The van der Waals surface area contributed by atoms with Crippen LogP contribution < -0.4 is 29.6 Å². The van der Waals surface area contributed by atoms with E-state index in [1.807, 2.05) is 82.3 Å². The van der Waals surface area contributed by atoms with Crippen molar-refractivity contribution in [1.29, 1.82) is 0 Å². The molecule has 2 saturated carbocycles. The van der Waals surface area contributed by atoms with Crippen LogP contribution in [0.5, 0.6) is 17.4 Å². The standard InChI is InChI=1S/C44H55N5O10S/c1-25(2)58-31-13-11-28(12-14-31)35-21-29-20-32(57-6)15-16-34(29)39(45-35)59-33-22-36-38(50)47-44(41(52)48-60(55,56)43(5)17-18-43)23-30(44)10-8-7-9-26(3)19-27(4)37(46-42(53)54)40(51)49(36)24-33/h8,10-16,20-21,25-27,30,33,36-37,46H,7,9,17-19,22-24H2,1-6H3,(H,47,50)(H,48,52)(H,53,54)/t26-,27-,30-,33-,36+,37+,44-/m1/s1. The van der Waals surface area contributed by atoms with Gasteiger partial charge < -0.3 is 34.9 Å². The Morgan fingerprint density at radius 3 is 2.42 bits per heavy atom. The van der Waals surface area contributed by atoms with Gasteiger partial charge in [0, 0.05) is 23.3 Å². The monoisotopic (exact) mass is 845 g/mol. The number of amides is 4. The number of aromatic nitrogens is 1. The Labute approximate surface area is 350 Å². The second kappa shape index (κ2) is 16.6. The molecule has 15 nitrogen and oxygen atoms in total. The van der Waals surface area contributed by atoms with E-state index in [1.165, 1.54) is 4.90 Å². The molecule has 2 aromatic carbocycles. The van der Waals surface area contributed by atoms with Crippen molar-refractivity contribution in [3.05, 3.63) is 60.7 Å². The van der Waals surface area contributed by atoms with Gasteiger partial charge in [-0.3, -0.25) is 19.1 Å². The number of sulfonamides is 1. The van der Waals surface area contributed by atoms with Crippen molar-refractivity contribution in [3.63, 3.8) is 0 Å². The molecule has 60 heavy (non-hydrogen) atoms. The van der Waals surface area contributed by atoms with Crippen molar-refractivity contribution >= 4 is 44.6 Å². The first-order chi connectivity index (χ1) is 28.4. The van der Waals surface area contributed by atoms with Gasteiger partial charge in [-0.2, -0.15) is 0 Å². The lowest BCUT2D eigenvalue weighted by Crippen LogP contribution is -2.59. The average Bonchev–Trinajstić information content (AvgIpc) is 4.08. The molecule has 3 heterocycles. The second-order valence-corrected chi connectivity index (χ2v) is 19.7. The number of nitrogens with zero attached hydrogens (tertiary/aromatic N) is 2. The molecular formula is C44H55N5O10S. The largest absolute Gasteiger partial charge is 0.497 e. The van der Waals surface area contributed by atoms with E-state index in [1.54, 1.807) is 20.1 Å². The normalized spacial score (nSPS) is 27.8. The second-order valence-electron chi connectivity index (χ2n) is 17.5. The van der Waals surface area contributed by atoms with Gasteiger partial charge in [0.25, 0.3) is 5.91 Å². The number of carboxylic acid groups (broad SMARTS) is 1. The third-order valence-corrected chi connectivity index (χ3v) is 14.5. The first-order valence-electron chi connectivity index (χ1n) is 20.7. The molecule has 0 radical (unpaired) electrons. The zero-order valence-electron chi connectivity index (χ0n) is 34.9. The van der Waals surface area contributed by atoms with Crippen LogP contribution in [0.2, 0.25) is 0 Å². The Kier molecular flexibility index (Phi) is 11.8. The molecule has 2 aliphatic carbocycles. The van der Waals surface area contributed by atoms with Crippen molar-refractivity contribution in [2.75, 3.05) is 13.7 Å². The summed E-state index contributed by atoms with van der Waals surface area (Å²) in [5.41, 5.74) is -0.194. The summed E-state index contributed by atoms with van der Waals surface area (Å²) in [5.74, 6) is -1.36. The Balaban J connectivity index is 1.24. The van der Waals surface area contributed by atoms with Crippen LogP contribution in [0.3, 0.4) is 0 Å². The molecule has 7 rings (SSSR count). The first kappa shape index (κ1) is 42.7. The molecule has 2 aliphatic heterocycles. The van der Waals surface area contributed by atoms with E-state index in [0.29, 0.717) is 48.3 Å². The number of methoxy groups -OCH3 is 1. The van der Waals surface area contributed by atoms with Gasteiger partial charge in [-0.05, 0) is 125 Å². The SMILES string of the molecule is COc1ccc2c(O[C@@H]3C[C@H]4C(=O)N[C@]5(C(=O)NS(=O)(=O)C6(C)CC6)C[C@H]5C=CCC[C@@H](C)C[C@@H](C)[C@H](NC(=O)O)C(=O)N4C3)nc(-c3ccc(OC(C)C)cc3)cc2c1. The molecule has 16 heteroatoms. The van der Waals surface area contributed by atoms with Gasteiger partial charge in [0.2, 0.25) is 27.7 Å². The van der Waals surface area contributed by atoms with Crippen LogP contribution in [0.1, 0.15) is 79.6 Å². The highest BCUT2D eigenvalue weighted by Gasteiger charge is 2.63. The van der Waals surface area contributed by atoms with Gasteiger partial charge in [0.05, 0.1) is 30.2 Å². The Morgan fingerprint density at radius 2 is 1.75 bits per heavy atom. The zero-order chi connectivity index (χ0) is 43.1. The number of rotatable bonds is 10. The van der Waals surface area contributed by atoms with Crippen molar-refractivity contribution in [2.24, 2.45) is 17.8 Å².